The first-order chi connectivity index (χ1) is 13.7. The Labute approximate surface area is 167 Å². The number of pyridine rings is 1. The third-order valence-corrected chi connectivity index (χ3v) is 5.57. The van der Waals surface area contributed by atoms with E-state index in [9.17, 15) is 9.59 Å². The highest BCUT2D eigenvalue weighted by molar-refractivity contribution is 5.81. The Balaban J connectivity index is 1.44. The maximum absolute atomic E-state index is 13.0. The molecule has 1 saturated carbocycles. The number of morpholine rings is 1. The largest absolute Gasteiger partial charge is 0.382 e. The van der Waals surface area contributed by atoms with E-state index in [1.54, 1.807) is 12.4 Å². The molecule has 2 amide bonds. The number of carbonyl (C=O) groups excluding carboxylic acids is 2. The van der Waals surface area contributed by atoms with Gasteiger partial charge in [0, 0.05) is 44.4 Å². The molecule has 1 saturated heterocycles. The molecule has 154 valence electrons. The van der Waals surface area contributed by atoms with Crippen LogP contribution in [0.2, 0.25) is 0 Å². The Hall–Kier alpha value is -2.15. The van der Waals surface area contributed by atoms with E-state index >= 15 is 0 Å². The summed E-state index contributed by atoms with van der Waals surface area (Å²) in [6, 6.07) is 3.64. The predicted molar refractivity (Wildman–Crippen MR) is 108 cm³/mol. The molecule has 7 nitrogen and oxygen atoms in total. The maximum Gasteiger partial charge on any atom is 0.226 e. The minimum Gasteiger partial charge on any atom is -0.382 e. The number of ether oxygens (including phenoxy) is 1. The van der Waals surface area contributed by atoms with Crippen LogP contribution in [-0.4, -0.2) is 60.6 Å². The number of carbonyl (C=O) groups is 2. The van der Waals surface area contributed by atoms with Crippen molar-refractivity contribution in [3.8, 4) is 0 Å². The fraction of sp³-hybridized carbons (Fsp3) is 0.667. The summed E-state index contributed by atoms with van der Waals surface area (Å²) in [7, 11) is 0. The first-order valence-electron chi connectivity index (χ1n) is 10.5. The first kappa shape index (κ1) is 20.6. The van der Waals surface area contributed by atoms with Gasteiger partial charge in [-0.2, -0.15) is 0 Å². The molecule has 2 aliphatic rings. The summed E-state index contributed by atoms with van der Waals surface area (Å²) in [5.41, 5.74) is 0.928. The van der Waals surface area contributed by atoms with Crippen molar-refractivity contribution in [3.05, 3.63) is 24.5 Å². The van der Waals surface area contributed by atoms with Gasteiger partial charge in [0.1, 0.15) is 0 Å². The van der Waals surface area contributed by atoms with Crippen LogP contribution in [0.5, 0.6) is 0 Å². The molecular weight excluding hydrogens is 356 g/mol. The summed E-state index contributed by atoms with van der Waals surface area (Å²) < 4.78 is 5.57. The zero-order valence-corrected chi connectivity index (χ0v) is 16.6. The molecule has 0 spiro atoms. The fourth-order valence-corrected chi connectivity index (χ4v) is 4.04. The molecule has 3 rings (SSSR count). The van der Waals surface area contributed by atoms with E-state index in [1.807, 2.05) is 17.0 Å². The third-order valence-electron chi connectivity index (χ3n) is 5.57. The third kappa shape index (κ3) is 6.19. The van der Waals surface area contributed by atoms with Gasteiger partial charge in [0.15, 0.2) is 0 Å². The van der Waals surface area contributed by atoms with Crippen molar-refractivity contribution < 1.29 is 14.3 Å². The number of aromatic nitrogens is 1. The van der Waals surface area contributed by atoms with E-state index in [-0.39, 0.29) is 23.8 Å². The molecule has 0 bridgehead atoms. The van der Waals surface area contributed by atoms with Gasteiger partial charge in [0.2, 0.25) is 11.8 Å². The maximum atomic E-state index is 13.0. The summed E-state index contributed by atoms with van der Waals surface area (Å²) in [6.07, 6.45) is 10.5. The first-order valence-corrected chi connectivity index (χ1v) is 10.5. The summed E-state index contributed by atoms with van der Waals surface area (Å²) in [6.45, 7) is 2.75. The van der Waals surface area contributed by atoms with Crippen molar-refractivity contribution in [2.24, 2.45) is 5.92 Å². The summed E-state index contributed by atoms with van der Waals surface area (Å²) in [5, 5.41) is 6.15. The van der Waals surface area contributed by atoms with E-state index in [0.717, 1.165) is 31.4 Å². The van der Waals surface area contributed by atoms with Gasteiger partial charge in [0.05, 0.1) is 24.9 Å². The lowest BCUT2D eigenvalue weighted by atomic mass is 9.97. The van der Waals surface area contributed by atoms with Gasteiger partial charge < -0.3 is 20.3 Å². The minimum atomic E-state index is -0.157. The second-order valence-corrected chi connectivity index (χ2v) is 7.67. The molecule has 1 unspecified atom stereocenters. The predicted octanol–water partition coefficient (Wildman–Crippen LogP) is 2.20. The van der Waals surface area contributed by atoms with Crippen molar-refractivity contribution in [3.63, 3.8) is 0 Å². The molecule has 7 heteroatoms. The fourth-order valence-electron chi connectivity index (χ4n) is 4.04. The van der Waals surface area contributed by atoms with E-state index in [1.165, 1.54) is 12.8 Å². The molecule has 28 heavy (non-hydrogen) atoms. The van der Waals surface area contributed by atoms with Crippen LogP contribution < -0.4 is 10.6 Å². The van der Waals surface area contributed by atoms with Crippen molar-refractivity contribution in [1.82, 2.24) is 15.2 Å². The van der Waals surface area contributed by atoms with Gasteiger partial charge in [-0.25, -0.2) is 0 Å². The van der Waals surface area contributed by atoms with Crippen LogP contribution >= 0.6 is 0 Å². The van der Waals surface area contributed by atoms with Gasteiger partial charge in [-0.15, -0.1) is 0 Å². The number of amides is 2. The van der Waals surface area contributed by atoms with Gasteiger partial charge in [-0.3, -0.25) is 14.6 Å². The monoisotopic (exact) mass is 388 g/mol. The number of hydrogen-bond acceptors (Lipinski definition) is 5. The second-order valence-electron chi connectivity index (χ2n) is 7.67. The molecule has 2 N–H and O–H groups in total. The number of anilines is 1. The molecule has 1 aromatic rings. The van der Waals surface area contributed by atoms with Crippen molar-refractivity contribution in [2.75, 3.05) is 38.2 Å². The molecular formula is C21H32N4O3. The Kier molecular flexibility index (Phi) is 8.08. The quantitative estimate of drug-likeness (QED) is 0.553. The average Bonchev–Trinajstić information content (AvgIpc) is 3.01. The highest BCUT2D eigenvalue weighted by Crippen LogP contribution is 2.26. The molecule has 1 aromatic heterocycles. The molecule has 2 heterocycles. The van der Waals surface area contributed by atoms with E-state index in [2.05, 4.69) is 15.6 Å². The smallest absolute Gasteiger partial charge is 0.226 e. The van der Waals surface area contributed by atoms with Crippen molar-refractivity contribution >= 4 is 17.5 Å². The standard InChI is InChI=1S/C21H32N4O3/c26-20(24-11-10-23-18-8-5-9-22-15-18)14-19-16-28-13-12-25(19)21(27)17-6-3-1-2-4-7-17/h5,8-9,15,17,19,23H,1-4,6-7,10-14,16H2,(H,24,26). The molecule has 2 fully saturated rings. The lowest BCUT2D eigenvalue weighted by Gasteiger charge is -2.37. The average molecular weight is 389 g/mol. The summed E-state index contributed by atoms with van der Waals surface area (Å²) >= 11 is 0. The lowest BCUT2D eigenvalue weighted by Crippen LogP contribution is -2.52. The van der Waals surface area contributed by atoms with Gasteiger partial charge in [-0.1, -0.05) is 25.7 Å². The van der Waals surface area contributed by atoms with Crippen LogP contribution in [-0.2, 0) is 14.3 Å². The van der Waals surface area contributed by atoms with Gasteiger partial charge >= 0.3 is 0 Å². The Morgan fingerprint density at radius 3 is 2.75 bits per heavy atom. The Morgan fingerprint density at radius 2 is 2.00 bits per heavy atom. The molecule has 0 aromatic carbocycles. The van der Waals surface area contributed by atoms with Crippen LogP contribution in [0.15, 0.2) is 24.5 Å². The zero-order chi connectivity index (χ0) is 19.6. The summed E-state index contributed by atoms with van der Waals surface area (Å²) in [4.78, 5) is 31.4. The van der Waals surface area contributed by atoms with Crippen LogP contribution in [0.1, 0.15) is 44.9 Å². The van der Waals surface area contributed by atoms with Gasteiger partial charge in [0.25, 0.3) is 0 Å². The highest BCUT2D eigenvalue weighted by Gasteiger charge is 2.33. The number of rotatable bonds is 7. The summed E-state index contributed by atoms with van der Waals surface area (Å²) in [5.74, 6) is 0.304. The normalized spacial score (nSPS) is 21.0. The molecule has 1 aliphatic heterocycles. The number of nitrogens with zero attached hydrogens (tertiary/aromatic N) is 2. The topological polar surface area (TPSA) is 83.6 Å². The van der Waals surface area contributed by atoms with E-state index in [0.29, 0.717) is 39.3 Å². The number of hydrogen-bond donors (Lipinski definition) is 2. The van der Waals surface area contributed by atoms with Crippen molar-refractivity contribution in [2.45, 2.75) is 51.0 Å². The minimum absolute atomic E-state index is 0.0397. The zero-order valence-electron chi connectivity index (χ0n) is 16.6. The second kappa shape index (κ2) is 11.0. The van der Waals surface area contributed by atoms with Crippen LogP contribution in [0.3, 0.4) is 0 Å². The van der Waals surface area contributed by atoms with Gasteiger partial charge in [-0.05, 0) is 25.0 Å². The molecule has 0 radical (unpaired) electrons. The van der Waals surface area contributed by atoms with E-state index < -0.39 is 0 Å². The lowest BCUT2D eigenvalue weighted by molar-refractivity contribution is -0.146. The van der Waals surface area contributed by atoms with Crippen LogP contribution in [0.25, 0.3) is 0 Å². The SMILES string of the molecule is O=C(CC1COCCN1C(=O)C1CCCCCC1)NCCNc1cccnc1. The Bertz CT molecular complexity index is 617. The highest BCUT2D eigenvalue weighted by atomic mass is 16.5. The van der Waals surface area contributed by atoms with Crippen LogP contribution in [0, 0.1) is 5.92 Å². The molecule has 1 atom stereocenters. The van der Waals surface area contributed by atoms with Crippen LogP contribution in [0.4, 0.5) is 5.69 Å². The van der Waals surface area contributed by atoms with Crippen molar-refractivity contribution in [1.29, 1.82) is 0 Å². The number of nitrogens with one attached hydrogen (secondary N) is 2. The molecule has 1 aliphatic carbocycles. The van der Waals surface area contributed by atoms with E-state index in [4.69, 9.17) is 4.74 Å². The Morgan fingerprint density at radius 1 is 1.18 bits per heavy atom.